The maximum absolute atomic E-state index is 14.3. The summed E-state index contributed by atoms with van der Waals surface area (Å²) in [7, 11) is 1.52. The van der Waals surface area contributed by atoms with Gasteiger partial charge in [-0.2, -0.15) is 0 Å². The molecule has 1 aromatic rings. The molecule has 0 spiro atoms. The zero-order chi connectivity index (χ0) is 17.1. The molecule has 0 aromatic heterocycles. The molecule has 3 heteroatoms. The van der Waals surface area contributed by atoms with Gasteiger partial charge in [-0.1, -0.05) is 12.8 Å². The van der Waals surface area contributed by atoms with Crippen molar-refractivity contribution in [2.75, 3.05) is 7.11 Å². The van der Waals surface area contributed by atoms with Crippen LogP contribution in [0.1, 0.15) is 56.1 Å². The minimum atomic E-state index is -0.978. The molecule has 4 rings (SSSR count). The van der Waals surface area contributed by atoms with Crippen molar-refractivity contribution in [3.8, 4) is 18.1 Å². The highest BCUT2D eigenvalue weighted by Crippen LogP contribution is 2.64. The lowest BCUT2D eigenvalue weighted by atomic mass is 9.53. The summed E-state index contributed by atoms with van der Waals surface area (Å²) >= 11 is 0. The zero-order valence-corrected chi connectivity index (χ0v) is 14.4. The Morgan fingerprint density at radius 3 is 2.79 bits per heavy atom. The molecular formula is C21H25FO2. The van der Waals surface area contributed by atoms with Crippen molar-refractivity contribution in [1.82, 2.24) is 0 Å². The van der Waals surface area contributed by atoms with Crippen LogP contribution < -0.4 is 4.74 Å². The normalized spacial score (nSPS) is 40.2. The summed E-state index contributed by atoms with van der Waals surface area (Å²) in [5, 5.41) is 10.9. The van der Waals surface area contributed by atoms with Crippen molar-refractivity contribution in [1.29, 1.82) is 0 Å². The minimum Gasteiger partial charge on any atom is -0.494 e. The van der Waals surface area contributed by atoms with Gasteiger partial charge in [0.1, 0.15) is 5.60 Å². The Morgan fingerprint density at radius 1 is 1.29 bits per heavy atom. The van der Waals surface area contributed by atoms with Gasteiger partial charge in [-0.05, 0) is 79.5 Å². The zero-order valence-electron chi connectivity index (χ0n) is 14.4. The smallest absolute Gasteiger partial charge is 0.165 e. The van der Waals surface area contributed by atoms with E-state index in [1.165, 1.54) is 12.7 Å². The van der Waals surface area contributed by atoms with E-state index in [-0.39, 0.29) is 11.2 Å². The maximum atomic E-state index is 14.3. The number of benzene rings is 1. The lowest BCUT2D eigenvalue weighted by molar-refractivity contribution is -0.0647. The molecule has 0 aliphatic heterocycles. The fourth-order valence-electron chi connectivity index (χ4n) is 5.98. The van der Waals surface area contributed by atoms with Crippen LogP contribution in [0.25, 0.3) is 0 Å². The molecule has 0 bridgehead atoms. The number of fused-ring (bicyclic) bond motifs is 5. The van der Waals surface area contributed by atoms with Crippen LogP contribution in [0.4, 0.5) is 4.39 Å². The van der Waals surface area contributed by atoms with Crippen molar-refractivity contribution in [2.45, 2.75) is 57.0 Å². The van der Waals surface area contributed by atoms with Gasteiger partial charge in [0.15, 0.2) is 11.6 Å². The van der Waals surface area contributed by atoms with Crippen molar-refractivity contribution in [2.24, 2.45) is 17.3 Å². The molecule has 128 valence electrons. The van der Waals surface area contributed by atoms with Gasteiger partial charge in [0, 0.05) is 5.41 Å². The van der Waals surface area contributed by atoms with Crippen LogP contribution in [0.5, 0.6) is 5.75 Å². The summed E-state index contributed by atoms with van der Waals surface area (Å²) in [4.78, 5) is 0. The number of ether oxygens (including phenoxy) is 1. The molecular weight excluding hydrogens is 303 g/mol. The Balaban J connectivity index is 1.72. The average Bonchev–Trinajstić information content (AvgIpc) is 2.86. The van der Waals surface area contributed by atoms with E-state index in [0.29, 0.717) is 29.9 Å². The molecule has 5 atom stereocenters. The van der Waals surface area contributed by atoms with Crippen molar-refractivity contribution >= 4 is 0 Å². The van der Waals surface area contributed by atoms with Crippen molar-refractivity contribution < 1.29 is 14.2 Å². The molecule has 2 saturated carbocycles. The van der Waals surface area contributed by atoms with E-state index >= 15 is 0 Å². The van der Waals surface area contributed by atoms with Crippen LogP contribution in [0.2, 0.25) is 0 Å². The van der Waals surface area contributed by atoms with Gasteiger partial charge >= 0.3 is 0 Å². The molecule has 0 amide bonds. The third-order valence-electron chi connectivity index (χ3n) is 7.39. The van der Waals surface area contributed by atoms with Gasteiger partial charge in [0.05, 0.1) is 7.11 Å². The number of halogens is 1. The Hall–Kier alpha value is -1.53. The van der Waals surface area contributed by atoms with Crippen molar-refractivity contribution in [3.05, 3.63) is 29.1 Å². The highest BCUT2D eigenvalue weighted by atomic mass is 19.1. The first kappa shape index (κ1) is 16.0. The first-order chi connectivity index (χ1) is 11.4. The molecule has 1 aromatic carbocycles. The molecule has 2 nitrogen and oxygen atoms in total. The molecule has 0 unspecified atom stereocenters. The van der Waals surface area contributed by atoms with E-state index in [0.717, 1.165) is 37.7 Å². The highest BCUT2D eigenvalue weighted by Gasteiger charge is 2.61. The summed E-state index contributed by atoms with van der Waals surface area (Å²) in [5.74, 6) is 4.07. The number of rotatable bonds is 1. The van der Waals surface area contributed by atoms with E-state index in [1.54, 1.807) is 6.07 Å². The second-order valence-corrected chi connectivity index (χ2v) is 8.10. The topological polar surface area (TPSA) is 29.5 Å². The van der Waals surface area contributed by atoms with Gasteiger partial charge in [0.25, 0.3) is 0 Å². The third-order valence-corrected chi connectivity index (χ3v) is 7.39. The Bertz CT molecular complexity index is 721. The van der Waals surface area contributed by atoms with Gasteiger partial charge in [-0.25, -0.2) is 4.39 Å². The molecule has 3 aliphatic rings. The lowest BCUT2D eigenvalue weighted by Gasteiger charge is -2.52. The van der Waals surface area contributed by atoms with E-state index < -0.39 is 5.60 Å². The first-order valence-electron chi connectivity index (χ1n) is 9.00. The predicted octanol–water partition coefficient (Wildman–Crippen LogP) is 4.05. The SMILES string of the molecule is C#C[C@]1(O)CC[C@H]2[C@@H]3CCc4cc(OC)c(F)cc4[C@H]3CC[C@@]21C. The Kier molecular flexibility index (Phi) is 3.48. The quantitative estimate of drug-likeness (QED) is 0.788. The number of hydrogen-bond acceptors (Lipinski definition) is 2. The molecule has 3 aliphatic carbocycles. The summed E-state index contributed by atoms with van der Waals surface area (Å²) < 4.78 is 19.4. The van der Waals surface area contributed by atoms with E-state index in [4.69, 9.17) is 11.2 Å². The van der Waals surface area contributed by atoms with E-state index in [1.807, 2.05) is 6.07 Å². The van der Waals surface area contributed by atoms with Crippen LogP contribution >= 0.6 is 0 Å². The standard InChI is InChI=1S/C21H25FO2/c1-4-21(23)10-8-17-15-6-5-13-11-19(24-3)18(22)12-16(13)14(15)7-9-20(17,21)2/h1,11-12,14-15,17,23H,5-10H2,2-3H3/t14-,15+,17-,20-,21-/m0/s1. The number of hydrogen-bond donors (Lipinski definition) is 1. The van der Waals surface area contributed by atoms with Crippen LogP contribution in [-0.4, -0.2) is 17.8 Å². The second kappa shape index (κ2) is 5.23. The number of terminal acetylenes is 1. The average molecular weight is 328 g/mol. The largest absolute Gasteiger partial charge is 0.494 e. The molecule has 2 fully saturated rings. The van der Waals surface area contributed by atoms with Gasteiger partial charge < -0.3 is 9.84 Å². The summed E-state index contributed by atoms with van der Waals surface area (Å²) in [6.45, 7) is 2.17. The predicted molar refractivity (Wildman–Crippen MR) is 91.4 cm³/mol. The van der Waals surface area contributed by atoms with Gasteiger partial charge in [-0.3, -0.25) is 0 Å². The van der Waals surface area contributed by atoms with Gasteiger partial charge in [0.2, 0.25) is 0 Å². The molecule has 24 heavy (non-hydrogen) atoms. The molecule has 1 N–H and O–H groups in total. The molecule has 0 heterocycles. The van der Waals surface area contributed by atoms with Gasteiger partial charge in [-0.15, -0.1) is 6.42 Å². The van der Waals surface area contributed by atoms with Crippen LogP contribution in [0.3, 0.4) is 0 Å². The van der Waals surface area contributed by atoms with E-state index in [2.05, 4.69) is 12.8 Å². The highest BCUT2D eigenvalue weighted by molar-refractivity contribution is 5.42. The van der Waals surface area contributed by atoms with E-state index in [9.17, 15) is 9.50 Å². The van der Waals surface area contributed by atoms with Crippen molar-refractivity contribution in [3.63, 3.8) is 0 Å². The number of methoxy groups -OCH3 is 1. The molecule has 0 saturated heterocycles. The van der Waals surface area contributed by atoms with Crippen LogP contribution in [0, 0.1) is 35.4 Å². The Labute approximate surface area is 143 Å². The fourth-order valence-corrected chi connectivity index (χ4v) is 5.98. The lowest BCUT2D eigenvalue weighted by Crippen LogP contribution is -2.50. The van der Waals surface area contributed by atoms with Crippen LogP contribution in [0.15, 0.2) is 12.1 Å². The summed E-state index contributed by atoms with van der Waals surface area (Å²) in [6.07, 6.45) is 11.3. The Morgan fingerprint density at radius 2 is 2.08 bits per heavy atom. The number of aryl methyl sites for hydroxylation is 1. The second-order valence-electron chi connectivity index (χ2n) is 8.10. The number of aliphatic hydroxyl groups is 1. The minimum absolute atomic E-state index is 0.203. The maximum Gasteiger partial charge on any atom is 0.165 e. The van der Waals surface area contributed by atoms with Crippen LogP contribution in [-0.2, 0) is 6.42 Å². The monoisotopic (exact) mass is 328 g/mol. The molecule has 0 radical (unpaired) electrons. The first-order valence-corrected chi connectivity index (χ1v) is 9.00. The summed E-state index contributed by atoms with van der Waals surface area (Å²) in [5.41, 5.74) is 1.20. The fraction of sp³-hybridized carbons (Fsp3) is 0.619. The summed E-state index contributed by atoms with van der Waals surface area (Å²) in [6, 6.07) is 3.57. The third kappa shape index (κ3) is 1.93.